The lowest BCUT2D eigenvalue weighted by molar-refractivity contribution is 0.0993. The smallest absolute Gasteiger partial charge is 0.167 e. The zero-order chi connectivity index (χ0) is 13.1. The van der Waals surface area contributed by atoms with Gasteiger partial charge in [-0.3, -0.25) is 4.79 Å². The normalized spacial score (nSPS) is 10.4. The second-order valence-electron chi connectivity index (χ2n) is 3.82. The molecule has 0 saturated heterocycles. The molecule has 2 aromatic rings. The lowest BCUT2D eigenvalue weighted by atomic mass is 10.0. The van der Waals surface area contributed by atoms with Crippen LogP contribution in [0.3, 0.4) is 0 Å². The third-order valence-corrected chi connectivity index (χ3v) is 3.41. The number of hydrogen-bond donors (Lipinski definition) is 0. The van der Waals surface area contributed by atoms with E-state index >= 15 is 0 Å². The van der Waals surface area contributed by atoms with Crippen LogP contribution in [0.15, 0.2) is 42.5 Å². The number of halogens is 3. The molecule has 0 radical (unpaired) electrons. The van der Waals surface area contributed by atoms with E-state index in [4.69, 9.17) is 23.2 Å². The van der Waals surface area contributed by atoms with Crippen molar-refractivity contribution in [2.24, 2.45) is 0 Å². The van der Waals surface area contributed by atoms with Crippen LogP contribution in [0, 0.1) is 5.82 Å². The van der Waals surface area contributed by atoms with Gasteiger partial charge in [0.1, 0.15) is 5.82 Å². The summed E-state index contributed by atoms with van der Waals surface area (Å²) in [5, 5.41) is 0.802. The predicted molar refractivity (Wildman–Crippen MR) is 70.9 cm³/mol. The molecule has 0 spiro atoms. The minimum absolute atomic E-state index is 0.126. The molecule has 0 amide bonds. The molecule has 2 aromatic carbocycles. The van der Waals surface area contributed by atoms with Crippen LogP contribution in [0.25, 0.3) is 0 Å². The van der Waals surface area contributed by atoms with Crippen LogP contribution in [0.4, 0.5) is 4.39 Å². The molecule has 0 aliphatic heterocycles. The van der Waals surface area contributed by atoms with Crippen molar-refractivity contribution in [2.45, 2.75) is 6.42 Å². The van der Waals surface area contributed by atoms with Crippen molar-refractivity contribution in [1.82, 2.24) is 0 Å². The number of Topliss-reactive ketones (excluding diaryl/α,β-unsaturated/α-hetero) is 1. The van der Waals surface area contributed by atoms with Crippen molar-refractivity contribution in [3.8, 4) is 0 Å². The average Bonchev–Trinajstić information content (AvgIpc) is 2.36. The van der Waals surface area contributed by atoms with Crippen LogP contribution in [0.1, 0.15) is 15.9 Å². The van der Waals surface area contributed by atoms with Crippen LogP contribution >= 0.6 is 23.2 Å². The van der Waals surface area contributed by atoms with Gasteiger partial charge in [-0.15, -0.1) is 0 Å². The first-order valence-electron chi connectivity index (χ1n) is 5.29. The third kappa shape index (κ3) is 2.89. The van der Waals surface area contributed by atoms with Gasteiger partial charge in [0.25, 0.3) is 0 Å². The molecule has 0 aliphatic rings. The third-order valence-electron chi connectivity index (χ3n) is 2.55. The summed E-state index contributed by atoms with van der Waals surface area (Å²) in [6.07, 6.45) is 0.144. The maximum atomic E-state index is 12.7. The molecule has 4 heteroatoms. The predicted octanol–water partition coefficient (Wildman–Crippen LogP) is 4.56. The summed E-state index contributed by atoms with van der Waals surface area (Å²) >= 11 is 11.9. The lowest BCUT2D eigenvalue weighted by Crippen LogP contribution is -2.04. The second-order valence-corrected chi connectivity index (χ2v) is 4.60. The van der Waals surface area contributed by atoms with E-state index in [0.717, 1.165) is 0 Å². The Balaban J connectivity index is 2.21. The fraction of sp³-hybridized carbons (Fsp3) is 0.0714. The molecule has 0 bridgehead atoms. The van der Waals surface area contributed by atoms with Gasteiger partial charge < -0.3 is 0 Å². The fourth-order valence-electron chi connectivity index (χ4n) is 1.60. The molecule has 18 heavy (non-hydrogen) atoms. The monoisotopic (exact) mass is 282 g/mol. The number of rotatable bonds is 3. The number of benzene rings is 2. The Morgan fingerprint density at radius 3 is 2.39 bits per heavy atom. The molecule has 92 valence electrons. The van der Waals surface area contributed by atoms with Crippen LogP contribution in [-0.2, 0) is 6.42 Å². The number of carbonyl (C=O) groups excluding carboxylic acids is 1. The quantitative estimate of drug-likeness (QED) is 0.755. The highest BCUT2D eigenvalue weighted by Gasteiger charge is 2.11. The first kappa shape index (κ1) is 13.1. The molecule has 2 rings (SSSR count). The molecule has 0 saturated carbocycles. The summed E-state index contributed by atoms with van der Waals surface area (Å²) < 4.78 is 12.7. The van der Waals surface area contributed by atoms with Crippen molar-refractivity contribution >= 4 is 29.0 Å². The van der Waals surface area contributed by atoms with E-state index in [1.54, 1.807) is 18.2 Å². The Kier molecular flexibility index (Phi) is 4.00. The van der Waals surface area contributed by atoms with Crippen molar-refractivity contribution in [2.75, 3.05) is 0 Å². The van der Waals surface area contributed by atoms with E-state index in [1.165, 1.54) is 24.3 Å². The second kappa shape index (κ2) is 5.51. The Morgan fingerprint density at radius 2 is 1.72 bits per heavy atom. The molecule has 0 heterocycles. The SMILES string of the molecule is O=C(Cc1cccc(Cl)c1Cl)c1ccc(F)cc1. The summed E-state index contributed by atoms with van der Waals surface area (Å²) in [7, 11) is 0. The van der Waals surface area contributed by atoms with Crippen LogP contribution in [-0.4, -0.2) is 5.78 Å². The summed E-state index contributed by atoms with van der Waals surface area (Å²) in [4.78, 5) is 12.0. The van der Waals surface area contributed by atoms with Crippen LogP contribution in [0.5, 0.6) is 0 Å². The molecule has 0 aliphatic carbocycles. The summed E-state index contributed by atoms with van der Waals surface area (Å²) in [6, 6.07) is 10.6. The van der Waals surface area contributed by atoms with Crippen molar-refractivity contribution in [1.29, 1.82) is 0 Å². The number of hydrogen-bond acceptors (Lipinski definition) is 1. The first-order chi connectivity index (χ1) is 8.58. The molecular formula is C14H9Cl2FO. The van der Waals surface area contributed by atoms with Gasteiger partial charge >= 0.3 is 0 Å². The molecule has 0 unspecified atom stereocenters. The van der Waals surface area contributed by atoms with Crippen molar-refractivity contribution < 1.29 is 9.18 Å². The zero-order valence-electron chi connectivity index (χ0n) is 9.29. The maximum absolute atomic E-state index is 12.7. The average molecular weight is 283 g/mol. The van der Waals surface area contributed by atoms with E-state index in [9.17, 15) is 9.18 Å². The minimum Gasteiger partial charge on any atom is -0.294 e. The highest BCUT2D eigenvalue weighted by atomic mass is 35.5. The molecule has 1 nitrogen and oxygen atoms in total. The number of ketones is 1. The van der Waals surface area contributed by atoms with Gasteiger partial charge in [-0.25, -0.2) is 4.39 Å². The van der Waals surface area contributed by atoms with Gasteiger partial charge in [-0.1, -0.05) is 35.3 Å². The lowest BCUT2D eigenvalue weighted by Gasteiger charge is -2.05. The van der Waals surface area contributed by atoms with E-state index in [2.05, 4.69) is 0 Å². The largest absolute Gasteiger partial charge is 0.294 e. The van der Waals surface area contributed by atoms with E-state index in [1.807, 2.05) is 0 Å². The highest BCUT2D eigenvalue weighted by Crippen LogP contribution is 2.26. The standard InChI is InChI=1S/C14H9Cl2FO/c15-12-3-1-2-10(14(12)16)8-13(18)9-4-6-11(17)7-5-9/h1-7H,8H2. The first-order valence-corrected chi connectivity index (χ1v) is 6.05. The van der Waals surface area contributed by atoms with Gasteiger partial charge in [0.2, 0.25) is 0 Å². The van der Waals surface area contributed by atoms with E-state index < -0.39 is 0 Å². The van der Waals surface area contributed by atoms with E-state index in [-0.39, 0.29) is 18.0 Å². The van der Waals surface area contributed by atoms with Gasteiger partial charge in [0, 0.05) is 12.0 Å². The molecule has 0 aromatic heterocycles. The highest BCUT2D eigenvalue weighted by molar-refractivity contribution is 6.42. The summed E-state index contributed by atoms with van der Waals surface area (Å²) in [5.41, 5.74) is 1.12. The molecular weight excluding hydrogens is 274 g/mol. The van der Waals surface area contributed by atoms with Crippen LogP contribution < -0.4 is 0 Å². The van der Waals surface area contributed by atoms with E-state index in [0.29, 0.717) is 21.2 Å². The summed E-state index contributed by atoms with van der Waals surface area (Å²) in [5.74, 6) is -0.494. The van der Waals surface area contributed by atoms with Gasteiger partial charge in [-0.2, -0.15) is 0 Å². The minimum atomic E-state index is -0.368. The Bertz CT molecular complexity index is 579. The number of carbonyl (C=O) groups is 1. The Morgan fingerprint density at radius 1 is 1.06 bits per heavy atom. The molecule has 0 N–H and O–H groups in total. The van der Waals surface area contributed by atoms with Crippen LogP contribution in [0.2, 0.25) is 10.0 Å². The fourth-order valence-corrected chi connectivity index (χ4v) is 1.98. The topological polar surface area (TPSA) is 17.1 Å². The van der Waals surface area contributed by atoms with Crippen molar-refractivity contribution in [3.05, 3.63) is 69.5 Å². The maximum Gasteiger partial charge on any atom is 0.167 e. The zero-order valence-corrected chi connectivity index (χ0v) is 10.8. The molecule has 0 atom stereocenters. The van der Waals surface area contributed by atoms with Gasteiger partial charge in [0.15, 0.2) is 5.78 Å². The van der Waals surface area contributed by atoms with Crippen molar-refractivity contribution in [3.63, 3.8) is 0 Å². The van der Waals surface area contributed by atoms with Gasteiger partial charge in [-0.05, 0) is 35.9 Å². The molecule has 0 fully saturated rings. The Hall–Kier alpha value is -1.38. The van der Waals surface area contributed by atoms with Gasteiger partial charge in [0.05, 0.1) is 10.0 Å². The summed E-state index contributed by atoms with van der Waals surface area (Å²) in [6.45, 7) is 0. The Labute approximate surface area is 114 Å².